The minimum absolute atomic E-state index is 0.228. The third-order valence-electron chi connectivity index (χ3n) is 1.82. The second-order valence-electron chi connectivity index (χ2n) is 2.73. The van der Waals surface area contributed by atoms with Crippen LogP contribution in [-0.2, 0) is 6.42 Å². The summed E-state index contributed by atoms with van der Waals surface area (Å²) in [4.78, 5) is 0. The largest absolute Gasteiger partial charge is 0.207 e. The van der Waals surface area contributed by atoms with Crippen molar-refractivity contribution in [2.45, 2.75) is 19.8 Å². The van der Waals surface area contributed by atoms with Crippen LogP contribution in [0.2, 0.25) is 0 Å². The van der Waals surface area contributed by atoms with E-state index in [1.54, 1.807) is 6.07 Å². The molecule has 2 heteroatoms. The van der Waals surface area contributed by atoms with Crippen LogP contribution in [0.5, 0.6) is 0 Å². The molecule has 12 heavy (non-hydrogen) atoms. The Hall–Kier alpha value is -1.36. The number of rotatable bonds is 2. The second-order valence-corrected chi connectivity index (χ2v) is 2.73. The van der Waals surface area contributed by atoms with Gasteiger partial charge in [0.05, 0.1) is 6.07 Å². The van der Waals surface area contributed by atoms with Crippen molar-refractivity contribution in [1.82, 2.24) is 0 Å². The zero-order valence-corrected chi connectivity index (χ0v) is 6.97. The number of benzene rings is 1. The van der Waals surface area contributed by atoms with Crippen molar-refractivity contribution < 1.29 is 4.39 Å². The summed E-state index contributed by atoms with van der Waals surface area (Å²) < 4.78 is 12.7. The molecule has 0 aliphatic heterocycles. The standard InChI is InChI=1S/C10H10FN/c1-8-4-5-10(11)7-9(8)3-2-6-12/h4-5,7H,2-3H2,1H3. The van der Waals surface area contributed by atoms with E-state index >= 15 is 0 Å². The number of nitriles is 1. The molecule has 0 radical (unpaired) electrons. The first-order valence-corrected chi connectivity index (χ1v) is 3.86. The maximum absolute atomic E-state index is 12.7. The van der Waals surface area contributed by atoms with Gasteiger partial charge in [0, 0.05) is 6.42 Å². The van der Waals surface area contributed by atoms with E-state index in [2.05, 4.69) is 0 Å². The summed E-state index contributed by atoms with van der Waals surface area (Å²) in [6.45, 7) is 1.92. The van der Waals surface area contributed by atoms with E-state index < -0.39 is 0 Å². The quantitative estimate of drug-likeness (QED) is 0.657. The highest BCUT2D eigenvalue weighted by atomic mass is 19.1. The second kappa shape index (κ2) is 3.87. The van der Waals surface area contributed by atoms with Crippen LogP contribution < -0.4 is 0 Å². The van der Waals surface area contributed by atoms with Crippen LogP contribution in [0, 0.1) is 24.1 Å². The Kier molecular flexibility index (Phi) is 2.82. The summed E-state index contributed by atoms with van der Waals surface area (Å²) in [5.74, 6) is -0.228. The SMILES string of the molecule is Cc1ccc(F)cc1CCC#N. The van der Waals surface area contributed by atoms with Crippen molar-refractivity contribution in [2.75, 3.05) is 0 Å². The van der Waals surface area contributed by atoms with E-state index in [-0.39, 0.29) is 5.82 Å². The van der Waals surface area contributed by atoms with Crippen molar-refractivity contribution in [2.24, 2.45) is 0 Å². The molecule has 62 valence electrons. The zero-order chi connectivity index (χ0) is 8.97. The Morgan fingerprint density at radius 3 is 2.92 bits per heavy atom. The predicted molar refractivity (Wildman–Crippen MR) is 45.1 cm³/mol. The summed E-state index contributed by atoms with van der Waals surface area (Å²) in [7, 11) is 0. The summed E-state index contributed by atoms with van der Waals surface area (Å²) in [5.41, 5.74) is 1.98. The van der Waals surface area contributed by atoms with Gasteiger partial charge in [-0.25, -0.2) is 4.39 Å². The minimum Gasteiger partial charge on any atom is -0.207 e. The minimum atomic E-state index is -0.228. The van der Waals surface area contributed by atoms with Gasteiger partial charge >= 0.3 is 0 Å². The van der Waals surface area contributed by atoms with Gasteiger partial charge in [0.1, 0.15) is 5.82 Å². The Labute approximate surface area is 71.4 Å². The number of hydrogen-bond acceptors (Lipinski definition) is 1. The molecule has 0 N–H and O–H groups in total. The zero-order valence-electron chi connectivity index (χ0n) is 6.97. The maximum atomic E-state index is 12.7. The number of nitrogens with zero attached hydrogens (tertiary/aromatic N) is 1. The number of hydrogen-bond donors (Lipinski definition) is 0. The van der Waals surface area contributed by atoms with E-state index in [0.717, 1.165) is 11.1 Å². The highest BCUT2D eigenvalue weighted by Crippen LogP contribution is 2.11. The Bertz CT molecular complexity index is 312. The van der Waals surface area contributed by atoms with Gasteiger partial charge in [-0.2, -0.15) is 5.26 Å². The summed E-state index contributed by atoms with van der Waals surface area (Å²) >= 11 is 0. The molecule has 0 aliphatic carbocycles. The predicted octanol–water partition coefficient (Wildman–Crippen LogP) is 2.59. The van der Waals surface area contributed by atoms with Gasteiger partial charge in [0.2, 0.25) is 0 Å². The molecule has 0 amide bonds. The van der Waals surface area contributed by atoms with Crippen LogP contribution in [-0.4, -0.2) is 0 Å². The average Bonchev–Trinajstić information content (AvgIpc) is 2.07. The summed E-state index contributed by atoms with van der Waals surface area (Å²) in [5, 5.41) is 8.34. The average molecular weight is 163 g/mol. The van der Waals surface area contributed by atoms with E-state index in [4.69, 9.17) is 5.26 Å². The van der Waals surface area contributed by atoms with Crippen molar-refractivity contribution in [3.63, 3.8) is 0 Å². The van der Waals surface area contributed by atoms with Crippen LogP contribution in [0.25, 0.3) is 0 Å². The van der Waals surface area contributed by atoms with Crippen molar-refractivity contribution >= 4 is 0 Å². The van der Waals surface area contributed by atoms with Crippen molar-refractivity contribution in [1.29, 1.82) is 5.26 Å². The highest BCUT2D eigenvalue weighted by Gasteiger charge is 1.99. The lowest BCUT2D eigenvalue weighted by atomic mass is 10.0. The Morgan fingerprint density at radius 1 is 1.50 bits per heavy atom. The Morgan fingerprint density at radius 2 is 2.25 bits per heavy atom. The molecule has 0 bridgehead atoms. The molecule has 0 aliphatic rings. The Balaban J connectivity index is 2.84. The van der Waals surface area contributed by atoms with Crippen LogP contribution in [0.4, 0.5) is 4.39 Å². The summed E-state index contributed by atoms with van der Waals surface area (Å²) in [6.07, 6.45) is 1.09. The van der Waals surface area contributed by atoms with Gasteiger partial charge in [-0.1, -0.05) is 6.07 Å². The fourth-order valence-corrected chi connectivity index (χ4v) is 1.10. The molecular weight excluding hydrogens is 153 g/mol. The fourth-order valence-electron chi connectivity index (χ4n) is 1.10. The molecule has 1 rings (SSSR count). The molecule has 0 spiro atoms. The van der Waals surface area contributed by atoms with Gasteiger partial charge in [-0.05, 0) is 36.6 Å². The van der Waals surface area contributed by atoms with Crippen molar-refractivity contribution in [3.05, 3.63) is 35.1 Å². The van der Waals surface area contributed by atoms with Crippen molar-refractivity contribution in [3.8, 4) is 6.07 Å². The van der Waals surface area contributed by atoms with Gasteiger partial charge in [0.15, 0.2) is 0 Å². The molecule has 1 aromatic rings. The van der Waals surface area contributed by atoms with E-state index in [1.165, 1.54) is 12.1 Å². The first-order chi connectivity index (χ1) is 5.74. The van der Waals surface area contributed by atoms with Gasteiger partial charge in [-0.15, -0.1) is 0 Å². The smallest absolute Gasteiger partial charge is 0.123 e. The number of halogens is 1. The molecule has 0 saturated carbocycles. The molecule has 0 aromatic heterocycles. The van der Waals surface area contributed by atoms with E-state index in [9.17, 15) is 4.39 Å². The lowest BCUT2D eigenvalue weighted by molar-refractivity contribution is 0.624. The third-order valence-corrected chi connectivity index (χ3v) is 1.82. The summed E-state index contributed by atoms with van der Waals surface area (Å²) in [6, 6.07) is 6.71. The van der Waals surface area contributed by atoms with Crippen LogP contribution in [0.1, 0.15) is 17.5 Å². The van der Waals surface area contributed by atoms with Gasteiger partial charge in [-0.3, -0.25) is 0 Å². The lowest BCUT2D eigenvalue weighted by Crippen LogP contribution is -1.89. The maximum Gasteiger partial charge on any atom is 0.123 e. The van der Waals surface area contributed by atoms with Crippen LogP contribution in [0.15, 0.2) is 18.2 Å². The molecule has 1 aromatic carbocycles. The van der Waals surface area contributed by atoms with Gasteiger partial charge in [0.25, 0.3) is 0 Å². The third kappa shape index (κ3) is 2.06. The number of aryl methyl sites for hydroxylation is 2. The van der Waals surface area contributed by atoms with Crippen LogP contribution in [0.3, 0.4) is 0 Å². The molecule has 0 fully saturated rings. The van der Waals surface area contributed by atoms with Gasteiger partial charge < -0.3 is 0 Å². The molecule has 0 heterocycles. The van der Waals surface area contributed by atoms with E-state index in [0.29, 0.717) is 12.8 Å². The first-order valence-electron chi connectivity index (χ1n) is 3.86. The molecule has 0 atom stereocenters. The first kappa shape index (κ1) is 8.73. The monoisotopic (exact) mass is 163 g/mol. The van der Waals surface area contributed by atoms with E-state index in [1.807, 2.05) is 13.0 Å². The molecule has 1 nitrogen and oxygen atoms in total. The highest BCUT2D eigenvalue weighted by molar-refractivity contribution is 5.26. The van der Waals surface area contributed by atoms with Crippen LogP contribution >= 0.6 is 0 Å². The molecular formula is C10H10FN. The molecule has 0 saturated heterocycles. The fraction of sp³-hybridized carbons (Fsp3) is 0.300. The lowest BCUT2D eigenvalue weighted by Gasteiger charge is -2.01. The normalized spacial score (nSPS) is 9.42. The molecule has 0 unspecified atom stereocenters. The topological polar surface area (TPSA) is 23.8 Å².